The van der Waals surface area contributed by atoms with Crippen LogP contribution in [0.4, 0.5) is 0 Å². The van der Waals surface area contributed by atoms with Gasteiger partial charge in [0, 0.05) is 6.04 Å². The fourth-order valence-corrected chi connectivity index (χ4v) is 2.25. The number of carboxylic acids is 1. The molecule has 1 unspecified atom stereocenters. The molecule has 104 valence electrons. The number of aryl methyl sites for hydroxylation is 1. The third-order valence-electron chi connectivity index (χ3n) is 3.29. The van der Waals surface area contributed by atoms with E-state index >= 15 is 0 Å². The van der Waals surface area contributed by atoms with Gasteiger partial charge in [0.05, 0.1) is 6.42 Å². The van der Waals surface area contributed by atoms with Crippen LogP contribution in [-0.2, 0) is 11.2 Å². The van der Waals surface area contributed by atoms with Crippen LogP contribution >= 0.6 is 0 Å². The highest BCUT2D eigenvalue weighted by molar-refractivity contribution is 5.67. The summed E-state index contributed by atoms with van der Waals surface area (Å²) in [6.45, 7) is 2.08. The standard InChI is InChI=1S/C17H19NO2/c1-12-3-2-4-14(9-12)10-13-5-7-15(8-6-13)16(18)11-17(19)20/h2-9,16H,10-11,18H2,1H3,(H,19,20). The maximum atomic E-state index is 10.6. The Labute approximate surface area is 119 Å². The van der Waals surface area contributed by atoms with Crippen LogP contribution in [-0.4, -0.2) is 11.1 Å². The second-order valence-corrected chi connectivity index (χ2v) is 5.11. The molecule has 0 aliphatic heterocycles. The summed E-state index contributed by atoms with van der Waals surface area (Å²) >= 11 is 0. The van der Waals surface area contributed by atoms with Crippen molar-refractivity contribution in [3.05, 3.63) is 70.8 Å². The molecule has 3 nitrogen and oxygen atoms in total. The highest BCUT2D eigenvalue weighted by Crippen LogP contribution is 2.17. The van der Waals surface area contributed by atoms with Crippen LogP contribution in [0.5, 0.6) is 0 Å². The van der Waals surface area contributed by atoms with E-state index in [9.17, 15) is 4.79 Å². The Morgan fingerprint density at radius 3 is 2.45 bits per heavy atom. The molecule has 2 aromatic rings. The Morgan fingerprint density at radius 1 is 1.15 bits per heavy atom. The Kier molecular flexibility index (Phi) is 4.53. The van der Waals surface area contributed by atoms with Gasteiger partial charge in [-0.2, -0.15) is 0 Å². The normalized spacial score (nSPS) is 12.1. The van der Waals surface area contributed by atoms with Gasteiger partial charge in [-0.3, -0.25) is 4.79 Å². The van der Waals surface area contributed by atoms with Gasteiger partial charge in [0.2, 0.25) is 0 Å². The number of nitrogens with two attached hydrogens (primary N) is 1. The van der Waals surface area contributed by atoms with E-state index in [0.29, 0.717) is 0 Å². The van der Waals surface area contributed by atoms with Crippen LogP contribution in [0.1, 0.15) is 34.7 Å². The SMILES string of the molecule is Cc1cccc(Cc2ccc(C(N)CC(=O)O)cc2)c1. The van der Waals surface area contributed by atoms with Crippen LogP contribution in [0.25, 0.3) is 0 Å². The second-order valence-electron chi connectivity index (χ2n) is 5.11. The summed E-state index contributed by atoms with van der Waals surface area (Å²) in [7, 11) is 0. The molecular weight excluding hydrogens is 250 g/mol. The number of carbonyl (C=O) groups is 1. The summed E-state index contributed by atoms with van der Waals surface area (Å²) in [6.07, 6.45) is 0.827. The van der Waals surface area contributed by atoms with Crippen molar-refractivity contribution in [1.29, 1.82) is 0 Å². The number of carboxylic acid groups (broad SMARTS) is 1. The molecule has 2 rings (SSSR count). The summed E-state index contributed by atoms with van der Waals surface area (Å²) < 4.78 is 0. The minimum atomic E-state index is -0.874. The zero-order chi connectivity index (χ0) is 14.5. The Bertz CT molecular complexity index is 590. The average molecular weight is 269 g/mol. The van der Waals surface area contributed by atoms with Gasteiger partial charge < -0.3 is 10.8 Å². The van der Waals surface area contributed by atoms with E-state index in [1.54, 1.807) is 0 Å². The van der Waals surface area contributed by atoms with Gasteiger partial charge in [0.1, 0.15) is 0 Å². The highest BCUT2D eigenvalue weighted by Gasteiger charge is 2.10. The smallest absolute Gasteiger partial charge is 0.305 e. The fraction of sp³-hybridized carbons (Fsp3) is 0.235. The molecule has 0 saturated heterocycles. The first kappa shape index (κ1) is 14.3. The molecule has 0 radical (unpaired) electrons. The lowest BCUT2D eigenvalue weighted by molar-refractivity contribution is -0.137. The minimum Gasteiger partial charge on any atom is -0.481 e. The molecule has 20 heavy (non-hydrogen) atoms. The predicted octanol–water partition coefficient (Wildman–Crippen LogP) is 3.06. The molecule has 0 spiro atoms. The van der Waals surface area contributed by atoms with E-state index in [2.05, 4.69) is 31.2 Å². The first-order chi connectivity index (χ1) is 9.54. The zero-order valence-corrected chi connectivity index (χ0v) is 11.5. The van der Waals surface area contributed by atoms with Gasteiger partial charge in [0.15, 0.2) is 0 Å². The van der Waals surface area contributed by atoms with Crippen LogP contribution in [0.3, 0.4) is 0 Å². The molecule has 0 aliphatic carbocycles. The molecule has 3 N–H and O–H groups in total. The molecule has 0 bridgehead atoms. The molecule has 1 atom stereocenters. The Morgan fingerprint density at radius 2 is 1.85 bits per heavy atom. The lowest BCUT2D eigenvalue weighted by Crippen LogP contribution is -2.14. The van der Waals surface area contributed by atoms with Gasteiger partial charge in [-0.1, -0.05) is 54.1 Å². The number of aliphatic carboxylic acids is 1. The molecular formula is C17H19NO2. The molecule has 3 heteroatoms. The van der Waals surface area contributed by atoms with Crippen molar-refractivity contribution in [3.8, 4) is 0 Å². The maximum Gasteiger partial charge on any atom is 0.305 e. The van der Waals surface area contributed by atoms with Crippen molar-refractivity contribution >= 4 is 5.97 Å². The third-order valence-corrected chi connectivity index (χ3v) is 3.29. The van der Waals surface area contributed by atoms with Crippen LogP contribution < -0.4 is 5.73 Å². The number of hydrogen-bond acceptors (Lipinski definition) is 2. The average Bonchev–Trinajstić information content (AvgIpc) is 2.38. The summed E-state index contributed by atoms with van der Waals surface area (Å²) in [5.41, 5.74) is 10.4. The number of benzene rings is 2. The molecule has 0 heterocycles. The monoisotopic (exact) mass is 269 g/mol. The van der Waals surface area contributed by atoms with E-state index in [1.165, 1.54) is 16.7 Å². The quantitative estimate of drug-likeness (QED) is 0.876. The molecule has 0 amide bonds. The van der Waals surface area contributed by atoms with E-state index in [4.69, 9.17) is 10.8 Å². The van der Waals surface area contributed by atoms with E-state index in [0.717, 1.165) is 12.0 Å². The second kappa shape index (κ2) is 6.35. The minimum absolute atomic E-state index is 0.0444. The third kappa shape index (κ3) is 3.93. The van der Waals surface area contributed by atoms with Crippen molar-refractivity contribution in [2.75, 3.05) is 0 Å². The topological polar surface area (TPSA) is 63.3 Å². The molecule has 2 aromatic carbocycles. The Balaban J connectivity index is 2.06. The summed E-state index contributed by atoms with van der Waals surface area (Å²) in [5, 5.41) is 8.74. The zero-order valence-electron chi connectivity index (χ0n) is 11.5. The van der Waals surface area contributed by atoms with Crippen molar-refractivity contribution < 1.29 is 9.90 Å². The van der Waals surface area contributed by atoms with Gasteiger partial charge in [-0.15, -0.1) is 0 Å². The highest BCUT2D eigenvalue weighted by atomic mass is 16.4. The van der Waals surface area contributed by atoms with Crippen molar-refractivity contribution in [2.24, 2.45) is 5.73 Å². The summed E-state index contributed by atoms with van der Waals surface area (Å²) in [5.74, 6) is -0.874. The van der Waals surface area contributed by atoms with Gasteiger partial charge >= 0.3 is 5.97 Å². The largest absolute Gasteiger partial charge is 0.481 e. The van der Waals surface area contributed by atoms with Gasteiger partial charge in [-0.05, 0) is 30.0 Å². The van der Waals surface area contributed by atoms with Gasteiger partial charge in [0.25, 0.3) is 0 Å². The number of hydrogen-bond donors (Lipinski definition) is 2. The molecule has 0 saturated carbocycles. The molecule has 0 fully saturated rings. The lowest BCUT2D eigenvalue weighted by atomic mass is 9.99. The fourth-order valence-electron chi connectivity index (χ4n) is 2.25. The van der Waals surface area contributed by atoms with Crippen LogP contribution in [0.15, 0.2) is 48.5 Å². The van der Waals surface area contributed by atoms with Crippen molar-refractivity contribution in [1.82, 2.24) is 0 Å². The van der Waals surface area contributed by atoms with Crippen molar-refractivity contribution in [2.45, 2.75) is 25.8 Å². The van der Waals surface area contributed by atoms with E-state index in [1.807, 2.05) is 24.3 Å². The first-order valence-corrected chi connectivity index (χ1v) is 6.66. The number of rotatable bonds is 5. The van der Waals surface area contributed by atoms with E-state index < -0.39 is 12.0 Å². The van der Waals surface area contributed by atoms with Crippen LogP contribution in [0.2, 0.25) is 0 Å². The summed E-state index contributed by atoms with van der Waals surface area (Å²) in [4.78, 5) is 10.6. The summed E-state index contributed by atoms with van der Waals surface area (Å²) in [6, 6.07) is 15.8. The Hall–Kier alpha value is -2.13. The van der Waals surface area contributed by atoms with Gasteiger partial charge in [-0.25, -0.2) is 0 Å². The van der Waals surface area contributed by atoms with E-state index in [-0.39, 0.29) is 6.42 Å². The molecule has 0 aromatic heterocycles. The van der Waals surface area contributed by atoms with Crippen LogP contribution in [0, 0.1) is 6.92 Å². The molecule has 0 aliphatic rings. The predicted molar refractivity (Wildman–Crippen MR) is 79.6 cm³/mol. The lowest BCUT2D eigenvalue weighted by Gasteiger charge is -2.10. The van der Waals surface area contributed by atoms with Crippen molar-refractivity contribution in [3.63, 3.8) is 0 Å². The first-order valence-electron chi connectivity index (χ1n) is 6.66. The maximum absolute atomic E-state index is 10.6.